The molecule has 3 rings (SSSR count). The third kappa shape index (κ3) is 6.93. The minimum Gasteiger partial charge on any atom is -0.379 e. The molecule has 0 unspecified atom stereocenters. The Bertz CT molecular complexity index is 870. The van der Waals surface area contributed by atoms with Crippen molar-refractivity contribution in [2.75, 3.05) is 44.7 Å². The predicted molar refractivity (Wildman–Crippen MR) is 109 cm³/mol. The minimum absolute atomic E-state index is 0.0145. The maximum Gasteiger partial charge on any atom is 0.416 e. The van der Waals surface area contributed by atoms with Gasteiger partial charge in [-0.05, 0) is 30.7 Å². The van der Waals surface area contributed by atoms with Crippen LogP contribution in [-0.4, -0.2) is 55.2 Å². The van der Waals surface area contributed by atoms with Crippen LogP contribution in [-0.2, 0) is 17.5 Å². The SMILES string of the molecule is O=C(Nc1cccc(C(F)(F)F)c1)N(CCCN1CCOCC1)Cc1ccccc1F. The molecule has 0 saturated carbocycles. The van der Waals surface area contributed by atoms with E-state index in [4.69, 9.17) is 4.74 Å². The second kappa shape index (κ2) is 10.6. The number of halogens is 4. The van der Waals surface area contributed by atoms with Gasteiger partial charge >= 0.3 is 12.2 Å². The largest absolute Gasteiger partial charge is 0.416 e. The first-order valence-electron chi connectivity index (χ1n) is 10.1. The second-order valence-corrected chi connectivity index (χ2v) is 7.33. The number of alkyl halides is 3. The molecule has 5 nitrogen and oxygen atoms in total. The second-order valence-electron chi connectivity index (χ2n) is 7.33. The Morgan fingerprint density at radius 2 is 1.84 bits per heavy atom. The summed E-state index contributed by atoms with van der Waals surface area (Å²) >= 11 is 0. The van der Waals surface area contributed by atoms with Crippen LogP contribution in [0.15, 0.2) is 48.5 Å². The topological polar surface area (TPSA) is 44.8 Å². The van der Waals surface area contributed by atoms with Crippen LogP contribution in [0.1, 0.15) is 17.5 Å². The fraction of sp³-hybridized carbons (Fsp3) is 0.409. The quantitative estimate of drug-likeness (QED) is 0.642. The maximum absolute atomic E-state index is 14.1. The Hall–Kier alpha value is -2.65. The van der Waals surface area contributed by atoms with Crippen LogP contribution < -0.4 is 5.32 Å². The molecular formula is C22H25F4N3O2. The first-order chi connectivity index (χ1) is 14.8. The highest BCUT2D eigenvalue weighted by molar-refractivity contribution is 5.89. The van der Waals surface area contributed by atoms with E-state index >= 15 is 0 Å². The molecule has 168 valence electrons. The van der Waals surface area contributed by atoms with Crippen molar-refractivity contribution in [3.8, 4) is 0 Å². The molecule has 2 aromatic carbocycles. The Labute approximate surface area is 178 Å². The summed E-state index contributed by atoms with van der Waals surface area (Å²) in [7, 11) is 0. The number of benzene rings is 2. The summed E-state index contributed by atoms with van der Waals surface area (Å²) in [5, 5.41) is 2.51. The van der Waals surface area contributed by atoms with Crippen LogP contribution in [0.2, 0.25) is 0 Å². The summed E-state index contributed by atoms with van der Waals surface area (Å²) in [6.07, 6.45) is -3.86. The summed E-state index contributed by atoms with van der Waals surface area (Å²) in [4.78, 5) is 16.5. The van der Waals surface area contributed by atoms with Gasteiger partial charge in [-0.15, -0.1) is 0 Å². The van der Waals surface area contributed by atoms with E-state index in [0.717, 1.165) is 31.8 Å². The summed E-state index contributed by atoms with van der Waals surface area (Å²) in [6.45, 7) is 4.03. The van der Waals surface area contributed by atoms with E-state index in [1.807, 2.05) is 0 Å². The summed E-state index contributed by atoms with van der Waals surface area (Å²) < 4.78 is 58.3. The van der Waals surface area contributed by atoms with Gasteiger partial charge in [-0.1, -0.05) is 24.3 Å². The van der Waals surface area contributed by atoms with E-state index < -0.39 is 23.6 Å². The van der Waals surface area contributed by atoms with E-state index in [2.05, 4.69) is 10.2 Å². The molecule has 0 aliphatic carbocycles. The number of hydrogen-bond donors (Lipinski definition) is 1. The molecule has 1 N–H and O–H groups in total. The van der Waals surface area contributed by atoms with Crippen LogP contribution in [0, 0.1) is 5.82 Å². The highest BCUT2D eigenvalue weighted by Gasteiger charge is 2.30. The molecule has 1 aliphatic rings. The van der Waals surface area contributed by atoms with Gasteiger partial charge in [0.1, 0.15) is 5.82 Å². The third-order valence-electron chi connectivity index (χ3n) is 5.05. The molecule has 1 aliphatic heterocycles. The zero-order valence-electron chi connectivity index (χ0n) is 17.0. The number of amides is 2. The Balaban J connectivity index is 1.68. The number of urea groups is 1. The lowest BCUT2D eigenvalue weighted by Crippen LogP contribution is -2.40. The number of ether oxygens (including phenoxy) is 1. The molecular weight excluding hydrogens is 414 g/mol. The number of carbonyl (C=O) groups is 1. The predicted octanol–water partition coefficient (Wildman–Crippen LogP) is 4.60. The molecule has 9 heteroatoms. The smallest absolute Gasteiger partial charge is 0.379 e. The van der Waals surface area contributed by atoms with Crippen LogP contribution in [0.3, 0.4) is 0 Å². The van der Waals surface area contributed by atoms with Crippen molar-refractivity contribution >= 4 is 11.7 Å². The van der Waals surface area contributed by atoms with E-state index in [-0.39, 0.29) is 12.2 Å². The molecule has 31 heavy (non-hydrogen) atoms. The number of anilines is 1. The van der Waals surface area contributed by atoms with Crippen LogP contribution >= 0.6 is 0 Å². The van der Waals surface area contributed by atoms with Gasteiger partial charge in [0.05, 0.1) is 25.3 Å². The van der Waals surface area contributed by atoms with Crippen molar-refractivity contribution in [1.82, 2.24) is 9.80 Å². The molecule has 1 saturated heterocycles. The Kier molecular flexibility index (Phi) is 7.86. The van der Waals surface area contributed by atoms with Gasteiger partial charge < -0.3 is 15.0 Å². The first-order valence-corrected chi connectivity index (χ1v) is 10.1. The number of morpholine rings is 1. The molecule has 1 heterocycles. The van der Waals surface area contributed by atoms with Crippen molar-refractivity contribution < 1.29 is 27.1 Å². The molecule has 2 aromatic rings. The van der Waals surface area contributed by atoms with Gasteiger partial charge in [0.25, 0.3) is 0 Å². The van der Waals surface area contributed by atoms with Gasteiger partial charge in [0, 0.05) is 37.4 Å². The van der Waals surface area contributed by atoms with Gasteiger partial charge in [-0.2, -0.15) is 13.2 Å². The molecule has 0 radical (unpaired) electrons. The monoisotopic (exact) mass is 439 g/mol. The molecule has 0 atom stereocenters. The summed E-state index contributed by atoms with van der Waals surface area (Å²) in [5.74, 6) is -0.437. The van der Waals surface area contributed by atoms with Crippen molar-refractivity contribution in [2.45, 2.75) is 19.1 Å². The van der Waals surface area contributed by atoms with Gasteiger partial charge in [0.2, 0.25) is 0 Å². The van der Waals surface area contributed by atoms with Gasteiger partial charge in [-0.25, -0.2) is 9.18 Å². The summed E-state index contributed by atoms with van der Waals surface area (Å²) in [6, 6.07) is 10.00. The fourth-order valence-electron chi connectivity index (χ4n) is 3.37. The number of rotatable bonds is 7. The Morgan fingerprint density at radius 3 is 2.55 bits per heavy atom. The van der Waals surface area contributed by atoms with E-state index in [1.54, 1.807) is 18.2 Å². The van der Waals surface area contributed by atoms with Crippen molar-refractivity contribution in [3.63, 3.8) is 0 Å². The first kappa shape index (κ1) is 23.0. The minimum atomic E-state index is -4.51. The molecule has 0 aromatic heterocycles. The average Bonchev–Trinajstić information content (AvgIpc) is 2.75. The molecule has 0 spiro atoms. The van der Waals surface area contributed by atoms with E-state index in [0.29, 0.717) is 31.7 Å². The lowest BCUT2D eigenvalue weighted by Gasteiger charge is -2.28. The third-order valence-corrected chi connectivity index (χ3v) is 5.05. The fourth-order valence-corrected chi connectivity index (χ4v) is 3.37. The highest BCUT2D eigenvalue weighted by Crippen LogP contribution is 2.30. The van der Waals surface area contributed by atoms with Crippen molar-refractivity contribution in [2.24, 2.45) is 0 Å². The number of nitrogens with zero attached hydrogens (tertiary/aromatic N) is 2. The van der Waals surface area contributed by atoms with Crippen LogP contribution in [0.4, 0.5) is 28.0 Å². The number of hydrogen-bond acceptors (Lipinski definition) is 3. The van der Waals surface area contributed by atoms with Crippen molar-refractivity contribution in [1.29, 1.82) is 0 Å². The Morgan fingerprint density at radius 1 is 1.10 bits per heavy atom. The average molecular weight is 439 g/mol. The number of nitrogens with one attached hydrogen (secondary N) is 1. The maximum atomic E-state index is 14.1. The van der Waals surface area contributed by atoms with Crippen molar-refractivity contribution in [3.05, 3.63) is 65.5 Å². The lowest BCUT2D eigenvalue weighted by atomic mass is 10.2. The normalized spacial score (nSPS) is 15.0. The zero-order chi connectivity index (χ0) is 22.3. The zero-order valence-corrected chi connectivity index (χ0v) is 17.0. The van der Waals surface area contributed by atoms with Crippen LogP contribution in [0.5, 0.6) is 0 Å². The van der Waals surface area contributed by atoms with E-state index in [1.165, 1.54) is 23.1 Å². The lowest BCUT2D eigenvalue weighted by molar-refractivity contribution is -0.137. The van der Waals surface area contributed by atoms with Gasteiger partial charge in [-0.3, -0.25) is 4.90 Å². The molecule has 2 amide bonds. The van der Waals surface area contributed by atoms with E-state index in [9.17, 15) is 22.4 Å². The van der Waals surface area contributed by atoms with Crippen LogP contribution in [0.25, 0.3) is 0 Å². The molecule has 0 bridgehead atoms. The van der Waals surface area contributed by atoms with Gasteiger partial charge in [0.15, 0.2) is 0 Å². The standard InChI is InChI=1S/C22H25F4N3O2/c23-20-8-2-1-5-17(20)16-29(10-4-9-28-11-13-31-14-12-28)21(30)27-19-7-3-6-18(15-19)22(24,25)26/h1-3,5-8,15H,4,9-14,16H2,(H,27,30). The summed E-state index contributed by atoms with van der Waals surface area (Å²) in [5.41, 5.74) is -0.474. The highest BCUT2D eigenvalue weighted by atomic mass is 19.4. The molecule has 1 fully saturated rings. The number of carbonyl (C=O) groups excluding carboxylic acids is 1.